The predicted molar refractivity (Wildman–Crippen MR) is 150 cm³/mol. The molecule has 0 radical (unpaired) electrons. The van der Waals surface area contributed by atoms with Crippen molar-refractivity contribution in [1.82, 2.24) is 30.1 Å². The number of aryl methyl sites for hydroxylation is 3. The van der Waals surface area contributed by atoms with Crippen LogP contribution in [0.1, 0.15) is 41.6 Å². The van der Waals surface area contributed by atoms with Crippen molar-refractivity contribution in [3.8, 4) is 0 Å². The number of piperazine rings is 1. The van der Waals surface area contributed by atoms with Crippen molar-refractivity contribution in [2.75, 3.05) is 26.2 Å². The lowest BCUT2D eigenvalue weighted by Crippen LogP contribution is -2.57. The molecule has 1 aliphatic heterocycles. The van der Waals surface area contributed by atoms with Crippen LogP contribution >= 0.6 is 27.5 Å². The number of pyridine rings is 1. The lowest BCUT2D eigenvalue weighted by molar-refractivity contribution is -0.124. The number of hydrogen-bond acceptors (Lipinski definition) is 5. The van der Waals surface area contributed by atoms with Crippen LogP contribution in [0.15, 0.2) is 53.7 Å². The van der Waals surface area contributed by atoms with E-state index in [9.17, 15) is 4.79 Å². The van der Waals surface area contributed by atoms with Gasteiger partial charge in [0, 0.05) is 72.0 Å². The Labute approximate surface area is 232 Å². The van der Waals surface area contributed by atoms with Gasteiger partial charge in [0.1, 0.15) is 0 Å². The van der Waals surface area contributed by atoms with Crippen LogP contribution in [0, 0.1) is 6.92 Å². The first-order valence-corrected chi connectivity index (χ1v) is 14.2. The molecule has 2 aromatic heterocycles. The Morgan fingerprint density at radius 2 is 2.08 bits per heavy atom. The van der Waals surface area contributed by atoms with Crippen molar-refractivity contribution in [3.05, 3.63) is 81.1 Å². The van der Waals surface area contributed by atoms with Crippen LogP contribution in [0.5, 0.6) is 0 Å². The van der Waals surface area contributed by atoms with E-state index in [4.69, 9.17) is 11.6 Å². The Morgan fingerprint density at radius 3 is 2.86 bits per heavy atom. The number of nitrogens with one attached hydrogen (secondary N) is 2. The van der Waals surface area contributed by atoms with Crippen molar-refractivity contribution < 1.29 is 4.79 Å². The molecule has 1 saturated carbocycles. The van der Waals surface area contributed by atoms with Gasteiger partial charge in [-0.2, -0.15) is 0 Å². The maximum Gasteiger partial charge on any atom is 0.238 e. The van der Waals surface area contributed by atoms with Gasteiger partial charge in [0.25, 0.3) is 0 Å². The third-order valence-electron chi connectivity index (χ3n) is 7.73. The van der Waals surface area contributed by atoms with Crippen molar-refractivity contribution in [3.63, 3.8) is 0 Å². The molecule has 3 heterocycles. The highest BCUT2D eigenvalue weighted by Crippen LogP contribution is 2.46. The minimum absolute atomic E-state index is 0.0834. The van der Waals surface area contributed by atoms with Crippen LogP contribution in [0.2, 0.25) is 5.02 Å². The van der Waals surface area contributed by atoms with E-state index in [0.29, 0.717) is 13.1 Å². The van der Waals surface area contributed by atoms with Crippen molar-refractivity contribution in [2.24, 2.45) is 0 Å². The van der Waals surface area contributed by atoms with Gasteiger partial charge in [0.2, 0.25) is 5.91 Å². The van der Waals surface area contributed by atoms with Crippen LogP contribution in [0.3, 0.4) is 0 Å². The summed E-state index contributed by atoms with van der Waals surface area (Å²) in [5.41, 5.74) is 4.95. The molecule has 0 bridgehead atoms. The van der Waals surface area contributed by atoms with E-state index in [-0.39, 0.29) is 17.5 Å². The molecule has 2 N–H and O–H groups in total. The Balaban J connectivity index is 1.16. The summed E-state index contributed by atoms with van der Waals surface area (Å²) in [4.78, 5) is 24.0. The molecule has 0 unspecified atom stereocenters. The highest BCUT2D eigenvalue weighted by atomic mass is 79.9. The summed E-state index contributed by atoms with van der Waals surface area (Å²) in [6.45, 7) is 5.93. The zero-order valence-corrected chi connectivity index (χ0v) is 23.6. The number of amides is 1. The van der Waals surface area contributed by atoms with Gasteiger partial charge in [0.15, 0.2) is 0 Å². The summed E-state index contributed by atoms with van der Waals surface area (Å²) in [5.74, 6) is 0.0834. The summed E-state index contributed by atoms with van der Waals surface area (Å²) < 4.78 is 3.19. The second-order valence-corrected chi connectivity index (χ2v) is 11.6. The van der Waals surface area contributed by atoms with Crippen LogP contribution in [0.4, 0.5) is 0 Å². The molecule has 1 amide bonds. The number of rotatable bonds is 10. The average molecular weight is 586 g/mol. The van der Waals surface area contributed by atoms with E-state index in [0.717, 1.165) is 66.9 Å². The fraction of sp³-hybridized carbons (Fsp3) is 0.464. The molecule has 5 rings (SSSR count). The van der Waals surface area contributed by atoms with Crippen molar-refractivity contribution in [2.45, 2.75) is 57.2 Å². The number of nitrogens with zero attached hydrogens (tertiary/aromatic N) is 4. The number of carbonyl (C=O) groups is 1. The monoisotopic (exact) mass is 584 g/mol. The maximum absolute atomic E-state index is 13.0. The van der Waals surface area contributed by atoms with E-state index in [1.165, 1.54) is 16.7 Å². The third kappa shape index (κ3) is 6.60. The first kappa shape index (κ1) is 26.4. The summed E-state index contributed by atoms with van der Waals surface area (Å²) in [6, 6.07) is 8.12. The number of aromatic nitrogens is 3. The van der Waals surface area contributed by atoms with E-state index in [1.54, 1.807) is 0 Å². The normalized spacial score (nSPS) is 19.1. The zero-order chi connectivity index (χ0) is 25.8. The average Bonchev–Trinajstić information content (AvgIpc) is 3.46. The molecular formula is C28H34BrClN6O. The first-order chi connectivity index (χ1) is 17.9. The molecule has 196 valence electrons. The number of carbonyl (C=O) groups excluding carboxylic acids is 1. The van der Waals surface area contributed by atoms with Crippen LogP contribution in [-0.4, -0.2) is 57.6 Å². The summed E-state index contributed by atoms with van der Waals surface area (Å²) in [7, 11) is 0. The number of halogens is 2. The van der Waals surface area contributed by atoms with Crippen LogP contribution < -0.4 is 10.6 Å². The molecule has 1 aliphatic carbocycles. The minimum Gasteiger partial charge on any atom is -0.355 e. The van der Waals surface area contributed by atoms with Gasteiger partial charge in [-0.15, -0.1) is 0 Å². The fourth-order valence-corrected chi connectivity index (χ4v) is 5.86. The van der Waals surface area contributed by atoms with Crippen LogP contribution in [0.25, 0.3) is 0 Å². The molecule has 3 aromatic rings. The highest BCUT2D eigenvalue weighted by Gasteiger charge is 2.43. The lowest BCUT2D eigenvalue weighted by atomic mass is 9.98. The van der Waals surface area contributed by atoms with Gasteiger partial charge in [-0.25, -0.2) is 4.98 Å². The summed E-state index contributed by atoms with van der Waals surface area (Å²) >= 11 is 9.92. The summed E-state index contributed by atoms with van der Waals surface area (Å²) in [5, 5.41) is 7.33. The maximum atomic E-state index is 13.0. The third-order valence-corrected chi connectivity index (χ3v) is 8.40. The van der Waals surface area contributed by atoms with E-state index in [2.05, 4.69) is 71.1 Å². The van der Waals surface area contributed by atoms with Crippen molar-refractivity contribution >= 4 is 33.4 Å². The Hall–Kier alpha value is -2.26. The predicted octanol–water partition coefficient (Wildman–Crippen LogP) is 4.26. The lowest BCUT2D eigenvalue weighted by Gasteiger charge is -2.33. The fourth-order valence-electron chi connectivity index (χ4n) is 5.29. The van der Waals surface area contributed by atoms with Gasteiger partial charge in [0.05, 0.1) is 12.4 Å². The molecule has 9 heteroatoms. The SMILES string of the molecule is Cc1ncc(Br)cc1CCc1cc(Cl)ccc1CN1CCN[C@@H](C(=O)NCCC2(n3ccnc3)CC2)C1. The van der Waals surface area contributed by atoms with Gasteiger partial charge in [-0.3, -0.25) is 14.7 Å². The van der Waals surface area contributed by atoms with Gasteiger partial charge in [-0.05, 0) is 89.8 Å². The molecule has 2 aliphatic rings. The smallest absolute Gasteiger partial charge is 0.238 e. The second-order valence-electron chi connectivity index (χ2n) is 10.3. The van der Waals surface area contributed by atoms with E-state index in [1.807, 2.05) is 31.0 Å². The number of benzene rings is 1. The Kier molecular flexibility index (Phi) is 8.29. The molecule has 2 fully saturated rings. The molecule has 1 atom stereocenters. The second kappa shape index (κ2) is 11.6. The van der Waals surface area contributed by atoms with E-state index >= 15 is 0 Å². The van der Waals surface area contributed by atoms with Gasteiger partial charge < -0.3 is 15.2 Å². The molecular weight excluding hydrogens is 552 g/mol. The highest BCUT2D eigenvalue weighted by molar-refractivity contribution is 9.10. The summed E-state index contributed by atoms with van der Waals surface area (Å²) in [6.07, 6.45) is 12.6. The van der Waals surface area contributed by atoms with Gasteiger partial charge in [-0.1, -0.05) is 17.7 Å². The molecule has 1 aromatic carbocycles. The molecule has 1 saturated heterocycles. The van der Waals surface area contributed by atoms with Crippen molar-refractivity contribution in [1.29, 1.82) is 0 Å². The number of hydrogen-bond donors (Lipinski definition) is 2. The standard InChI is InChI=1S/C28H34BrClN6O/c1-20-21(14-24(29)16-34-20)2-3-22-15-25(30)5-4-23(22)17-35-12-11-32-26(18-35)27(37)33-9-8-28(6-7-28)36-13-10-31-19-36/h4-5,10,13-16,19,26,32H,2-3,6-9,11-12,17-18H2,1H3,(H,33,37)/t26-/m1/s1. The van der Waals surface area contributed by atoms with E-state index < -0.39 is 0 Å². The topological polar surface area (TPSA) is 75.1 Å². The molecule has 7 nitrogen and oxygen atoms in total. The van der Waals surface area contributed by atoms with Gasteiger partial charge >= 0.3 is 0 Å². The molecule has 0 spiro atoms. The minimum atomic E-state index is -0.205. The largest absolute Gasteiger partial charge is 0.355 e. The number of imidazole rings is 1. The Bertz CT molecular complexity index is 1230. The molecule has 37 heavy (non-hydrogen) atoms. The van der Waals surface area contributed by atoms with Crippen LogP contribution in [-0.2, 0) is 29.7 Å². The quantitative estimate of drug-likeness (QED) is 0.372. The zero-order valence-electron chi connectivity index (χ0n) is 21.2. The Morgan fingerprint density at radius 1 is 1.24 bits per heavy atom. The first-order valence-electron chi connectivity index (χ1n) is 13.0.